The van der Waals surface area contributed by atoms with Crippen LogP contribution in [0.3, 0.4) is 0 Å². The summed E-state index contributed by atoms with van der Waals surface area (Å²) in [4.78, 5) is 20.7. The molecule has 0 bridgehead atoms. The average Bonchev–Trinajstić information content (AvgIpc) is 2.49. The summed E-state index contributed by atoms with van der Waals surface area (Å²) in [5, 5.41) is 8.94. The summed E-state index contributed by atoms with van der Waals surface area (Å²) < 4.78 is 155. The van der Waals surface area contributed by atoms with Gasteiger partial charge in [-0.05, 0) is 12.1 Å². The van der Waals surface area contributed by atoms with Crippen molar-refractivity contribution in [3.8, 4) is 0 Å². The minimum atomic E-state index is -6.50. The Bertz CT molecular complexity index is 798. The number of nitrogens with zero attached hydrogens (tertiary/aromatic N) is 1. The second-order valence-corrected chi connectivity index (χ2v) is 5.63. The number of carboxylic acid groups (broad SMARTS) is 1. The van der Waals surface area contributed by atoms with Gasteiger partial charge in [0.1, 0.15) is 0 Å². The summed E-state index contributed by atoms with van der Waals surface area (Å²) in [5.74, 6) is -10.8. The summed E-state index contributed by atoms with van der Waals surface area (Å²) in [5.41, 5.74) is -3.24. The maximum absolute atomic E-state index is 13.4. The Kier molecular flexibility index (Phi) is 7.03. The fraction of sp³-hybridized carbons (Fsp3) is 0.429. The number of nitrogens with one attached hydrogen (secondary N) is 1. The van der Waals surface area contributed by atoms with E-state index in [1.165, 1.54) is 0 Å². The molecule has 2 N–H and O–H groups in total. The van der Waals surface area contributed by atoms with Gasteiger partial charge in [-0.25, -0.2) is 4.79 Å². The number of halogens is 12. The van der Waals surface area contributed by atoms with Crippen molar-refractivity contribution in [2.45, 2.75) is 31.0 Å². The number of hydrogen-bond donors (Lipinski definition) is 2. The zero-order valence-electron chi connectivity index (χ0n) is 14.2. The van der Waals surface area contributed by atoms with E-state index in [-0.39, 0.29) is 11.4 Å². The van der Waals surface area contributed by atoms with Gasteiger partial charge >= 0.3 is 30.8 Å². The predicted molar refractivity (Wildman–Crippen MR) is 75.5 cm³/mol. The number of hydrogen-bond acceptors (Lipinski definition) is 3. The third-order valence-electron chi connectivity index (χ3n) is 3.43. The fourth-order valence-corrected chi connectivity index (χ4v) is 2.28. The highest BCUT2D eigenvalue weighted by molar-refractivity contribution is 5.94. The molecule has 0 aromatic heterocycles. The summed E-state index contributed by atoms with van der Waals surface area (Å²) >= 11 is 0. The van der Waals surface area contributed by atoms with Crippen molar-refractivity contribution in [1.82, 2.24) is 5.32 Å². The van der Waals surface area contributed by atoms with E-state index in [9.17, 15) is 62.3 Å². The summed E-state index contributed by atoms with van der Waals surface area (Å²) in [6, 6.07) is 1.95. The van der Waals surface area contributed by atoms with Crippen LogP contribution in [0.4, 0.5) is 58.4 Å². The Morgan fingerprint density at radius 2 is 1.26 bits per heavy atom. The largest absolute Gasteiger partial charge is 0.486 e. The van der Waals surface area contributed by atoms with E-state index in [2.05, 4.69) is 0 Å². The van der Waals surface area contributed by atoms with Gasteiger partial charge in [-0.15, -0.1) is 13.2 Å². The first-order valence-electron chi connectivity index (χ1n) is 7.38. The third-order valence-corrected chi connectivity index (χ3v) is 3.43. The predicted octanol–water partition coefficient (Wildman–Crippen LogP) is 4.46. The highest BCUT2D eigenvalue weighted by Crippen LogP contribution is 2.41. The Morgan fingerprint density at radius 1 is 0.806 bits per heavy atom. The van der Waals surface area contributed by atoms with Crippen molar-refractivity contribution < 1.29 is 67.4 Å². The van der Waals surface area contributed by atoms with E-state index in [1.54, 1.807) is 0 Å². The highest BCUT2D eigenvalue weighted by Gasteiger charge is 2.63. The molecule has 0 saturated heterocycles. The lowest BCUT2D eigenvalue weighted by Crippen LogP contribution is -2.64. The van der Waals surface area contributed by atoms with Gasteiger partial charge < -0.3 is 10.4 Å². The van der Waals surface area contributed by atoms with Crippen LogP contribution >= 0.6 is 0 Å². The first-order chi connectivity index (χ1) is 13.7. The number of anilines is 1. The lowest BCUT2D eigenvalue weighted by Gasteiger charge is -2.37. The van der Waals surface area contributed by atoms with Gasteiger partial charge in [0.2, 0.25) is 18.0 Å². The van der Waals surface area contributed by atoms with Gasteiger partial charge in [0.25, 0.3) is 0 Å². The van der Waals surface area contributed by atoms with Gasteiger partial charge in [0.15, 0.2) is 0 Å². The number of carboxylic acids is 1. The van der Waals surface area contributed by atoms with E-state index in [4.69, 9.17) is 5.11 Å². The number of carbonyl (C=O) groups is 2. The van der Waals surface area contributed by atoms with E-state index < -0.39 is 64.9 Å². The van der Waals surface area contributed by atoms with Crippen LogP contribution in [-0.2, 0) is 4.79 Å². The lowest BCUT2D eigenvalue weighted by atomic mass is 10.1. The maximum Gasteiger partial charge on any atom is 0.486 e. The number of rotatable bonds is 5. The van der Waals surface area contributed by atoms with Gasteiger partial charge in [-0.1, -0.05) is 12.1 Å². The van der Waals surface area contributed by atoms with E-state index in [0.717, 1.165) is 6.07 Å². The second kappa shape index (κ2) is 8.33. The second-order valence-electron chi connectivity index (χ2n) is 5.63. The SMILES string of the molecule is O=C(O)c1ccccc1N(C(NC(=O)C(C(F)(F)F)C(F)(F)F)C(F)(F)F)C(F)(F)F. The molecular weight excluding hydrogens is 472 g/mol. The third kappa shape index (κ3) is 6.30. The molecule has 31 heavy (non-hydrogen) atoms. The molecule has 0 aliphatic heterocycles. The summed E-state index contributed by atoms with van der Waals surface area (Å²) in [6.07, 6.45) is -30.1. The molecule has 1 amide bonds. The zero-order valence-corrected chi connectivity index (χ0v) is 14.2. The summed E-state index contributed by atoms with van der Waals surface area (Å²) in [6.45, 7) is 0. The highest BCUT2D eigenvalue weighted by atomic mass is 19.4. The van der Waals surface area contributed by atoms with Crippen LogP contribution in [0.1, 0.15) is 10.4 Å². The molecule has 0 heterocycles. The van der Waals surface area contributed by atoms with E-state index in [0.29, 0.717) is 12.1 Å². The van der Waals surface area contributed by atoms with Crippen molar-refractivity contribution in [3.05, 3.63) is 29.8 Å². The first kappa shape index (κ1) is 26.2. The molecule has 0 fully saturated rings. The van der Waals surface area contributed by atoms with Gasteiger partial charge in [-0.3, -0.25) is 9.69 Å². The van der Waals surface area contributed by atoms with Crippen LogP contribution in [0.5, 0.6) is 0 Å². The molecule has 17 heteroatoms. The molecule has 0 saturated carbocycles. The Balaban J connectivity index is 3.65. The molecule has 1 aromatic carbocycles. The molecule has 0 spiro atoms. The molecule has 5 nitrogen and oxygen atoms in total. The van der Waals surface area contributed by atoms with Crippen LogP contribution in [0.25, 0.3) is 0 Å². The number of aromatic carboxylic acids is 1. The standard InChI is InChI=1S/C14H8F12N2O3/c15-11(16,17)7(12(18,19)20)8(29)27-10(13(21,22)23)28(14(24,25)26)6-4-2-1-3-5(6)9(30)31/h1-4,7,10H,(H,27,29)(H,30,31). The van der Waals surface area contributed by atoms with Crippen LogP contribution in [-0.4, -0.2) is 48.0 Å². The monoisotopic (exact) mass is 480 g/mol. The number of alkyl halides is 12. The average molecular weight is 480 g/mol. The molecule has 1 atom stereocenters. The van der Waals surface area contributed by atoms with Crippen molar-refractivity contribution >= 4 is 17.6 Å². The Hall–Kier alpha value is -2.88. The minimum Gasteiger partial charge on any atom is -0.478 e. The molecule has 1 rings (SSSR count). The van der Waals surface area contributed by atoms with Crippen molar-refractivity contribution in [2.24, 2.45) is 5.92 Å². The van der Waals surface area contributed by atoms with Crippen LogP contribution in [0, 0.1) is 5.92 Å². The maximum atomic E-state index is 13.4. The lowest BCUT2D eigenvalue weighted by molar-refractivity contribution is -0.276. The molecule has 176 valence electrons. The smallest absolute Gasteiger partial charge is 0.478 e. The van der Waals surface area contributed by atoms with Gasteiger partial charge in [-0.2, -0.15) is 39.5 Å². The number of benzene rings is 1. The molecule has 0 aliphatic carbocycles. The molecule has 1 aromatic rings. The van der Waals surface area contributed by atoms with Crippen LogP contribution in [0.2, 0.25) is 0 Å². The summed E-state index contributed by atoms with van der Waals surface area (Å²) in [7, 11) is 0. The molecule has 0 radical (unpaired) electrons. The Morgan fingerprint density at radius 3 is 1.61 bits per heavy atom. The number of carbonyl (C=O) groups excluding carboxylic acids is 1. The van der Waals surface area contributed by atoms with E-state index >= 15 is 0 Å². The fourth-order valence-electron chi connectivity index (χ4n) is 2.28. The normalized spacial score (nSPS) is 14.4. The van der Waals surface area contributed by atoms with Crippen LogP contribution < -0.4 is 10.2 Å². The van der Waals surface area contributed by atoms with Crippen LogP contribution in [0.15, 0.2) is 24.3 Å². The number of amides is 1. The number of para-hydroxylation sites is 1. The Labute approximate surface area is 163 Å². The zero-order chi connectivity index (χ0) is 24.6. The van der Waals surface area contributed by atoms with Crippen molar-refractivity contribution in [2.75, 3.05) is 4.90 Å². The first-order valence-corrected chi connectivity index (χ1v) is 7.38. The van der Waals surface area contributed by atoms with Crippen molar-refractivity contribution in [3.63, 3.8) is 0 Å². The topological polar surface area (TPSA) is 69.6 Å². The quantitative estimate of drug-likeness (QED) is 0.371. The van der Waals surface area contributed by atoms with Crippen molar-refractivity contribution in [1.29, 1.82) is 0 Å². The molecular formula is C14H8F12N2O3. The van der Waals surface area contributed by atoms with E-state index in [1.807, 2.05) is 0 Å². The minimum absolute atomic E-state index is 0.0505. The van der Waals surface area contributed by atoms with Gasteiger partial charge in [0.05, 0.1) is 11.3 Å². The molecule has 0 aliphatic rings. The van der Waals surface area contributed by atoms with Gasteiger partial charge in [0, 0.05) is 0 Å². The molecule has 1 unspecified atom stereocenters.